The van der Waals surface area contributed by atoms with E-state index in [0.717, 1.165) is 18.3 Å². The van der Waals surface area contributed by atoms with Gasteiger partial charge >= 0.3 is 0 Å². The summed E-state index contributed by atoms with van der Waals surface area (Å²) in [5, 5.41) is 0. The number of nitrogens with one attached hydrogen (secondary N) is 1. The fourth-order valence-electron chi connectivity index (χ4n) is 2.77. The molecule has 0 spiro atoms. The van der Waals surface area contributed by atoms with E-state index >= 15 is 0 Å². The van der Waals surface area contributed by atoms with Crippen molar-refractivity contribution in [1.29, 1.82) is 0 Å². The van der Waals surface area contributed by atoms with E-state index < -0.39 is 0 Å². The average Bonchev–Trinajstić information content (AvgIpc) is 2.47. The molecule has 6 nitrogen and oxygen atoms in total. The Morgan fingerprint density at radius 1 is 1.37 bits per heavy atom. The molecule has 1 heterocycles. The molecule has 106 valence electrons. The molecule has 19 heavy (non-hydrogen) atoms. The number of rotatable bonds is 5. The van der Waals surface area contributed by atoms with Crippen LogP contribution in [0.2, 0.25) is 0 Å². The second-order valence-electron chi connectivity index (χ2n) is 5.11. The predicted molar refractivity (Wildman–Crippen MR) is 76.2 cm³/mol. The van der Waals surface area contributed by atoms with Crippen molar-refractivity contribution in [1.82, 2.24) is 9.97 Å². The van der Waals surface area contributed by atoms with E-state index in [1.54, 1.807) is 7.11 Å². The Balaban J connectivity index is 2.11. The molecule has 0 radical (unpaired) electrons. The van der Waals surface area contributed by atoms with Gasteiger partial charge in [-0.25, -0.2) is 15.8 Å². The number of hydrogen-bond acceptors (Lipinski definition) is 6. The summed E-state index contributed by atoms with van der Waals surface area (Å²) in [6.07, 6.45) is 8.17. The second kappa shape index (κ2) is 6.56. The molecule has 2 rings (SSSR count). The Kier molecular flexibility index (Phi) is 4.79. The number of hydrazine groups is 1. The Labute approximate surface area is 114 Å². The summed E-state index contributed by atoms with van der Waals surface area (Å²) in [5.74, 6) is 8.09. The highest BCUT2D eigenvalue weighted by molar-refractivity contribution is 5.63. The lowest BCUT2D eigenvalue weighted by Gasteiger charge is -2.28. The minimum Gasteiger partial charge on any atom is -0.490 e. The fourth-order valence-corrected chi connectivity index (χ4v) is 2.77. The zero-order valence-electron chi connectivity index (χ0n) is 11.7. The lowest BCUT2D eigenvalue weighted by Crippen LogP contribution is -2.28. The molecule has 3 N–H and O–H groups in total. The zero-order valence-corrected chi connectivity index (χ0v) is 11.7. The van der Waals surface area contributed by atoms with Gasteiger partial charge < -0.3 is 15.1 Å². The van der Waals surface area contributed by atoms with Gasteiger partial charge in [-0.1, -0.05) is 19.3 Å². The van der Waals surface area contributed by atoms with Crippen molar-refractivity contribution in [3.63, 3.8) is 0 Å². The van der Waals surface area contributed by atoms with E-state index in [1.165, 1.54) is 38.4 Å². The largest absolute Gasteiger partial charge is 0.490 e. The van der Waals surface area contributed by atoms with Crippen LogP contribution >= 0.6 is 0 Å². The fraction of sp³-hybridized carbons (Fsp3) is 0.692. The normalized spacial score (nSPS) is 16.2. The van der Waals surface area contributed by atoms with E-state index in [1.807, 2.05) is 7.05 Å². The van der Waals surface area contributed by atoms with Crippen LogP contribution < -0.4 is 20.9 Å². The van der Waals surface area contributed by atoms with Gasteiger partial charge in [0.15, 0.2) is 11.6 Å². The molecule has 6 heteroatoms. The molecule has 1 aliphatic carbocycles. The summed E-state index contributed by atoms with van der Waals surface area (Å²) >= 11 is 0. The molecular formula is C13H23N5O. The molecular weight excluding hydrogens is 242 g/mol. The molecule has 0 saturated heterocycles. The van der Waals surface area contributed by atoms with Gasteiger partial charge in [0, 0.05) is 13.6 Å². The van der Waals surface area contributed by atoms with Gasteiger partial charge in [0.2, 0.25) is 5.75 Å². The van der Waals surface area contributed by atoms with Gasteiger partial charge in [0.25, 0.3) is 0 Å². The van der Waals surface area contributed by atoms with Crippen LogP contribution in [-0.4, -0.2) is 30.7 Å². The van der Waals surface area contributed by atoms with Crippen molar-refractivity contribution in [2.24, 2.45) is 11.8 Å². The zero-order chi connectivity index (χ0) is 13.7. The van der Waals surface area contributed by atoms with Gasteiger partial charge in [-0.2, -0.15) is 0 Å². The summed E-state index contributed by atoms with van der Waals surface area (Å²) in [6, 6.07) is 0. The number of nitrogen functional groups attached to an aromatic ring is 1. The molecule has 0 aliphatic heterocycles. The highest BCUT2D eigenvalue weighted by atomic mass is 16.5. The molecule has 0 atom stereocenters. The smallest absolute Gasteiger partial charge is 0.205 e. The number of nitrogens with zero attached hydrogens (tertiary/aromatic N) is 3. The van der Waals surface area contributed by atoms with E-state index in [9.17, 15) is 0 Å². The van der Waals surface area contributed by atoms with Crippen LogP contribution in [0.15, 0.2) is 6.33 Å². The Hall–Kier alpha value is -1.56. The molecule has 0 aromatic carbocycles. The lowest BCUT2D eigenvalue weighted by atomic mass is 9.89. The van der Waals surface area contributed by atoms with E-state index in [4.69, 9.17) is 10.6 Å². The van der Waals surface area contributed by atoms with Crippen LogP contribution in [-0.2, 0) is 0 Å². The maximum Gasteiger partial charge on any atom is 0.205 e. The first-order valence-electron chi connectivity index (χ1n) is 6.83. The van der Waals surface area contributed by atoms with Crippen LogP contribution in [0, 0.1) is 5.92 Å². The molecule has 1 aromatic heterocycles. The van der Waals surface area contributed by atoms with Gasteiger partial charge in [-0.3, -0.25) is 0 Å². The molecule has 0 amide bonds. The first kappa shape index (κ1) is 13.9. The third-order valence-corrected chi connectivity index (χ3v) is 3.74. The molecule has 1 aliphatic rings. The summed E-state index contributed by atoms with van der Waals surface area (Å²) in [4.78, 5) is 10.5. The van der Waals surface area contributed by atoms with Crippen molar-refractivity contribution in [3.05, 3.63) is 6.33 Å². The summed E-state index contributed by atoms with van der Waals surface area (Å²) in [7, 11) is 3.65. The highest BCUT2D eigenvalue weighted by Gasteiger charge is 2.20. The maximum atomic E-state index is 5.44. The number of methoxy groups -OCH3 is 1. The molecule has 1 saturated carbocycles. The van der Waals surface area contributed by atoms with Crippen molar-refractivity contribution in [2.45, 2.75) is 32.1 Å². The second-order valence-corrected chi connectivity index (χ2v) is 5.11. The van der Waals surface area contributed by atoms with Gasteiger partial charge in [0.05, 0.1) is 7.11 Å². The number of hydrogen-bond donors (Lipinski definition) is 2. The minimum atomic E-state index is 0.517. The SMILES string of the molecule is COc1c(NN)ncnc1N(C)CC1CCCCC1. The predicted octanol–water partition coefficient (Wildman–Crippen LogP) is 1.79. The monoisotopic (exact) mass is 265 g/mol. The van der Waals surface area contributed by atoms with Crippen LogP contribution in [0.25, 0.3) is 0 Å². The quantitative estimate of drug-likeness (QED) is 0.624. The molecule has 1 fully saturated rings. The number of anilines is 2. The van der Waals surface area contributed by atoms with Gasteiger partial charge in [-0.05, 0) is 18.8 Å². The van der Waals surface area contributed by atoms with E-state index in [0.29, 0.717) is 11.6 Å². The number of aromatic nitrogens is 2. The van der Waals surface area contributed by atoms with Crippen LogP contribution in [0.5, 0.6) is 5.75 Å². The van der Waals surface area contributed by atoms with Crippen LogP contribution in [0.3, 0.4) is 0 Å². The van der Waals surface area contributed by atoms with Gasteiger partial charge in [0.1, 0.15) is 6.33 Å². The van der Waals surface area contributed by atoms with E-state index in [-0.39, 0.29) is 0 Å². The number of ether oxygens (including phenoxy) is 1. The Bertz CT molecular complexity index is 406. The first-order valence-corrected chi connectivity index (χ1v) is 6.83. The topological polar surface area (TPSA) is 76.3 Å². The average molecular weight is 265 g/mol. The number of nitrogens with two attached hydrogens (primary N) is 1. The van der Waals surface area contributed by atoms with Crippen molar-refractivity contribution >= 4 is 11.6 Å². The van der Waals surface area contributed by atoms with Crippen LogP contribution in [0.4, 0.5) is 11.6 Å². The summed E-state index contributed by atoms with van der Waals surface area (Å²) in [6.45, 7) is 0.997. The van der Waals surface area contributed by atoms with Crippen molar-refractivity contribution in [2.75, 3.05) is 31.0 Å². The van der Waals surface area contributed by atoms with Gasteiger partial charge in [-0.15, -0.1) is 0 Å². The third kappa shape index (κ3) is 3.26. The maximum absolute atomic E-state index is 5.44. The first-order chi connectivity index (χ1) is 9.26. The minimum absolute atomic E-state index is 0.517. The van der Waals surface area contributed by atoms with Crippen molar-refractivity contribution in [3.8, 4) is 5.75 Å². The molecule has 0 unspecified atom stereocenters. The Morgan fingerprint density at radius 3 is 2.74 bits per heavy atom. The molecule has 0 bridgehead atoms. The van der Waals surface area contributed by atoms with Crippen molar-refractivity contribution < 1.29 is 4.74 Å². The molecule has 1 aromatic rings. The van der Waals surface area contributed by atoms with E-state index in [2.05, 4.69) is 20.3 Å². The van der Waals surface area contributed by atoms with Crippen LogP contribution in [0.1, 0.15) is 32.1 Å². The lowest BCUT2D eigenvalue weighted by molar-refractivity contribution is 0.359. The Morgan fingerprint density at radius 2 is 2.11 bits per heavy atom. The summed E-state index contributed by atoms with van der Waals surface area (Å²) < 4.78 is 5.37. The standard InChI is InChI=1S/C13H23N5O/c1-18(8-10-6-4-3-5-7-10)13-11(19-2)12(17-14)15-9-16-13/h9-10H,3-8,14H2,1-2H3,(H,15,16,17). The third-order valence-electron chi connectivity index (χ3n) is 3.74. The highest BCUT2D eigenvalue weighted by Crippen LogP contribution is 2.32. The summed E-state index contributed by atoms with van der Waals surface area (Å²) in [5.41, 5.74) is 2.54.